The molecule has 0 aliphatic heterocycles. The first-order valence-corrected chi connectivity index (χ1v) is 7.71. The highest BCUT2D eigenvalue weighted by molar-refractivity contribution is 7.71. The number of aromatic nitrogens is 2. The Bertz CT molecular complexity index is 861. The molecule has 7 heteroatoms. The van der Waals surface area contributed by atoms with Gasteiger partial charge in [0.15, 0.2) is 4.77 Å². The third-order valence-electron chi connectivity index (χ3n) is 3.82. The molecule has 0 spiro atoms. The highest BCUT2D eigenvalue weighted by Gasteiger charge is 2.22. The summed E-state index contributed by atoms with van der Waals surface area (Å²) >= 11 is 5.08. The molecule has 0 radical (unpaired) electrons. The number of hydrogen-bond donors (Lipinski definition) is 3. The number of amides is 1. The Morgan fingerprint density at radius 2 is 2.09 bits per heavy atom. The average Bonchev–Trinajstić information content (AvgIpc) is 2.48. The van der Waals surface area contributed by atoms with E-state index in [9.17, 15) is 14.7 Å². The van der Waals surface area contributed by atoms with Crippen molar-refractivity contribution < 1.29 is 9.90 Å². The number of carbonyl (C=O) groups excluding carboxylic acids is 1. The number of carbonyl (C=O) groups is 1. The molecule has 0 bridgehead atoms. The minimum absolute atomic E-state index is 0.160. The minimum atomic E-state index is -0.648. The molecule has 0 saturated heterocycles. The van der Waals surface area contributed by atoms with E-state index in [1.54, 1.807) is 25.2 Å². The van der Waals surface area contributed by atoms with Crippen LogP contribution in [0.2, 0.25) is 0 Å². The highest BCUT2D eigenvalue weighted by Crippen LogP contribution is 2.18. The monoisotopic (exact) mass is 335 g/mol. The molecule has 124 valence electrons. The lowest BCUT2D eigenvalue weighted by Gasteiger charge is -2.25. The second kappa shape index (κ2) is 6.25. The summed E-state index contributed by atoms with van der Waals surface area (Å²) in [6, 6.07) is 4.77. The fourth-order valence-corrected chi connectivity index (χ4v) is 2.24. The number of rotatable bonds is 3. The van der Waals surface area contributed by atoms with Gasteiger partial charge in [0, 0.05) is 19.2 Å². The van der Waals surface area contributed by atoms with Crippen molar-refractivity contribution in [2.75, 3.05) is 6.54 Å². The van der Waals surface area contributed by atoms with E-state index in [1.807, 2.05) is 20.8 Å². The van der Waals surface area contributed by atoms with Crippen molar-refractivity contribution in [3.05, 3.63) is 38.9 Å². The van der Waals surface area contributed by atoms with Crippen LogP contribution in [-0.2, 0) is 7.05 Å². The average molecular weight is 335 g/mol. The van der Waals surface area contributed by atoms with E-state index < -0.39 is 6.10 Å². The van der Waals surface area contributed by atoms with Crippen LogP contribution in [0.4, 0.5) is 0 Å². The lowest BCUT2D eigenvalue weighted by atomic mass is 9.89. The Labute approximate surface area is 139 Å². The van der Waals surface area contributed by atoms with Crippen LogP contribution in [0, 0.1) is 10.2 Å². The third-order valence-corrected chi connectivity index (χ3v) is 4.19. The molecule has 1 aromatic carbocycles. The summed E-state index contributed by atoms with van der Waals surface area (Å²) in [5.41, 5.74) is 0.395. The molecule has 0 unspecified atom stereocenters. The lowest BCUT2D eigenvalue weighted by Crippen LogP contribution is -2.39. The fourth-order valence-electron chi connectivity index (χ4n) is 2.04. The van der Waals surface area contributed by atoms with Gasteiger partial charge in [-0.3, -0.25) is 14.2 Å². The van der Waals surface area contributed by atoms with E-state index in [1.165, 1.54) is 4.57 Å². The molecule has 3 N–H and O–H groups in total. The standard InChI is InChI=1S/C16H21N3O3S/c1-16(2,3)12(20)8-17-13(21)9-5-6-10-11(7-9)18-15(23)19(4)14(10)22/h5-7,12,20H,8H2,1-4H3,(H,17,21)(H,18,23)/t12-/m0/s1. The zero-order valence-electron chi connectivity index (χ0n) is 13.6. The van der Waals surface area contributed by atoms with Crippen LogP contribution >= 0.6 is 12.2 Å². The molecular weight excluding hydrogens is 314 g/mol. The molecule has 0 fully saturated rings. The molecule has 6 nitrogen and oxygen atoms in total. The van der Waals surface area contributed by atoms with Crippen LogP contribution in [0.1, 0.15) is 31.1 Å². The summed E-state index contributed by atoms with van der Waals surface area (Å²) in [6.07, 6.45) is -0.648. The van der Waals surface area contributed by atoms with Crippen LogP contribution in [0.25, 0.3) is 10.9 Å². The first-order chi connectivity index (χ1) is 10.6. The van der Waals surface area contributed by atoms with Crippen molar-refractivity contribution >= 4 is 29.0 Å². The molecule has 23 heavy (non-hydrogen) atoms. The first-order valence-electron chi connectivity index (χ1n) is 7.30. The molecule has 0 saturated carbocycles. The van der Waals surface area contributed by atoms with Crippen molar-refractivity contribution in [2.24, 2.45) is 12.5 Å². The highest BCUT2D eigenvalue weighted by atomic mass is 32.1. The number of nitrogens with zero attached hydrogens (tertiary/aromatic N) is 1. The van der Waals surface area contributed by atoms with Crippen molar-refractivity contribution in [2.45, 2.75) is 26.9 Å². The van der Waals surface area contributed by atoms with Gasteiger partial charge in [0.2, 0.25) is 0 Å². The smallest absolute Gasteiger partial charge is 0.261 e. The van der Waals surface area contributed by atoms with Crippen LogP contribution < -0.4 is 10.9 Å². The van der Waals surface area contributed by atoms with Gasteiger partial charge in [-0.1, -0.05) is 20.8 Å². The van der Waals surface area contributed by atoms with Crippen molar-refractivity contribution in [1.82, 2.24) is 14.9 Å². The maximum Gasteiger partial charge on any atom is 0.261 e. The Morgan fingerprint density at radius 3 is 2.70 bits per heavy atom. The van der Waals surface area contributed by atoms with E-state index >= 15 is 0 Å². The van der Waals surface area contributed by atoms with E-state index in [2.05, 4.69) is 10.3 Å². The number of benzene rings is 1. The lowest BCUT2D eigenvalue weighted by molar-refractivity contribution is 0.0587. The Balaban J connectivity index is 2.27. The molecule has 1 atom stereocenters. The molecule has 1 aromatic heterocycles. The van der Waals surface area contributed by atoms with E-state index in [0.717, 1.165) is 0 Å². The van der Waals surface area contributed by atoms with Crippen LogP contribution in [-0.4, -0.2) is 33.2 Å². The first kappa shape index (κ1) is 17.4. The summed E-state index contributed by atoms with van der Waals surface area (Å²) in [5, 5.41) is 13.1. The van der Waals surface area contributed by atoms with Gasteiger partial charge in [-0.15, -0.1) is 0 Å². The molecular formula is C16H21N3O3S. The Kier molecular flexibility index (Phi) is 4.72. The normalized spacial score (nSPS) is 13.1. The molecule has 0 aliphatic rings. The third kappa shape index (κ3) is 3.68. The minimum Gasteiger partial charge on any atom is -0.391 e. The molecule has 2 aromatic rings. The summed E-state index contributed by atoms with van der Waals surface area (Å²) in [5.74, 6) is -0.310. The number of H-pyrrole nitrogens is 1. The Hall–Kier alpha value is -1.99. The molecule has 1 amide bonds. The number of nitrogens with one attached hydrogen (secondary N) is 2. The number of aromatic amines is 1. The zero-order valence-corrected chi connectivity index (χ0v) is 14.5. The van der Waals surface area contributed by atoms with Gasteiger partial charge in [0.1, 0.15) is 0 Å². The topological polar surface area (TPSA) is 87.1 Å². The summed E-state index contributed by atoms with van der Waals surface area (Å²) in [7, 11) is 1.59. The maximum atomic E-state index is 12.2. The number of aliphatic hydroxyl groups is 1. The number of aliphatic hydroxyl groups excluding tert-OH is 1. The molecule has 1 heterocycles. The van der Waals surface area contributed by atoms with E-state index in [4.69, 9.17) is 12.2 Å². The molecule has 0 aliphatic carbocycles. The predicted octanol–water partition coefficient (Wildman–Crippen LogP) is 1.73. The van der Waals surface area contributed by atoms with E-state index in [-0.39, 0.29) is 23.4 Å². The van der Waals surface area contributed by atoms with Gasteiger partial charge in [0.25, 0.3) is 11.5 Å². The quantitative estimate of drug-likeness (QED) is 0.746. The SMILES string of the molecule is Cn1c(=S)[nH]c2cc(C(=O)NC[C@H](O)C(C)(C)C)ccc2c1=O. The summed E-state index contributed by atoms with van der Waals surface area (Å²) in [4.78, 5) is 27.2. The van der Waals surface area contributed by atoms with Gasteiger partial charge >= 0.3 is 0 Å². The summed E-state index contributed by atoms with van der Waals surface area (Å²) < 4.78 is 1.64. The van der Waals surface area contributed by atoms with Crippen LogP contribution in [0.5, 0.6) is 0 Å². The van der Waals surface area contributed by atoms with Crippen molar-refractivity contribution in [3.8, 4) is 0 Å². The largest absolute Gasteiger partial charge is 0.391 e. The van der Waals surface area contributed by atoms with Crippen LogP contribution in [0.15, 0.2) is 23.0 Å². The maximum absolute atomic E-state index is 12.2. The van der Waals surface area contributed by atoms with Gasteiger partial charge in [0.05, 0.1) is 17.0 Å². The van der Waals surface area contributed by atoms with Gasteiger partial charge in [-0.2, -0.15) is 0 Å². The Morgan fingerprint density at radius 1 is 1.43 bits per heavy atom. The second-order valence-electron chi connectivity index (χ2n) is 6.65. The van der Waals surface area contributed by atoms with Gasteiger partial charge in [-0.05, 0) is 35.8 Å². The summed E-state index contributed by atoms with van der Waals surface area (Å²) in [6.45, 7) is 5.86. The fraction of sp³-hybridized carbons (Fsp3) is 0.438. The van der Waals surface area contributed by atoms with Crippen molar-refractivity contribution in [3.63, 3.8) is 0 Å². The van der Waals surface area contributed by atoms with Gasteiger partial charge < -0.3 is 15.4 Å². The van der Waals surface area contributed by atoms with Crippen molar-refractivity contribution in [1.29, 1.82) is 0 Å². The van der Waals surface area contributed by atoms with Gasteiger partial charge in [-0.25, -0.2) is 0 Å². The number of fused-ring (bicyclic) bond motifs is 1. The second-order valence-corrected chi connectivity index (χ2v) is 7.03. The number of hydrogen-bond acceptors (Lipinski definition) is 4. The predicted molar refractivity (Wildman–Crippen MR) is 92.2 cm³/mol. The van der Waals surface area contributed by atoms with Crippen LogP contribution in [0.3, 0.4) is 0 Å². The van der Waals surface area contributed by atoms with E-state index in [0.29, 0.717) is 21.2 Å². The molecule has 2 rings (SSSR count). The zero-order chi connectivity index (χ0) is 17.4.